The summed E-state index contributed by atoms with van der Waals surface area (Å²) in [5.41, 5.74) is 1.22. The third-order valence-corrected chi connectivity index (χ3v) is 3.18. The van der Waals surface area contributed by atoms with E-state index in [0.717, 1.165) is 0 Å². The van der Waals surface area contributed by atoms with Gasteiger partial charge in [-0.2, -0.15) is 5.26 Å². The number of hydrogen-bond acceptors (Lipinski definition) is 3. The van der Waals surface area contributed by atoms with Crippen molar-refractivity contribution in [1.29, 1.82) is 5.26 Å². The third kappa shape index (κ3) is 1.97. The zero-order valence-electron chi connectivity index (χ0n) is 10.7. The van der Waals surface area contributed by atoms with Gasteiger partial charge in [0, 0.05) is 0 Å². The largest absolute Gasteiger partial charge is 0.478 e. The molecule has 0 unspecified atom stereocenters. The highest BCUT2D eigenvalue weighted by atomic mass is 16.4. The molecule has 0 aliphatic carbocycles. The maximum Gasteiger partial charge on any atom is 0.337 e. The number of aromatic carboxylic acids is 1. The van der Waals surface area contributed by atoms with Crippen LogP contribution in [-0.4, -0.2) is 20.6 Å². The molecular formula is C15H9N3O3. The molecule has 0 aliphatic heterocycles. The lowest BCUT2D eigenvalue weighted by atomic mass is 10.1. The Morgan fingerprint density at radius 3 is 2.71 bits per heavy atom. The van der Waals surface area contributed by atoms with Gasteiger partial charge in [0.25, 0.3) is 0 Å². The van der Waals surface area contributed by atoms with Crippen molar-refractivity contribution in [3.8, 4) is 11.8 Å². The third-order valence-electron chi connectivity index (χ3n) is 3.18. The van der Waals surface area contributed by atoms with Crippen LogP contribution in [0.15, 0.2) is 47.3 Å². The second-order valence-corrected chi connectivity index (χ2v) is 4.43. The summed E-state index contributed by atoms with van der Waals surface area (Å²) in [5, 5.41) is 18.1. The Bertz CT molecular complexity index is 960. The van der Waals surface area contributed by atoms with Crippen LogP contribution in [0.3, 0.4) is 0 Å². The number of hydrogen-bond donors (Lipinski definition) is 2. The molecule has 1 heterocycles. The van der Waals surface area contributed by atoms with Gasteiger partial charge in [-0.15, -0.1) is 0 Å². The van der Waals surface area contributed by atoms with Crippen molar-refractivity contribution in [3.63, 3.8) is 0 Å². The van der Waals surface area contributed by atoms with Gasteiger partial charge in [-0.3, -0.25) is 4.57 Å². The lowest BCUT2D eigenvalue weighted by molar-refractivity contribution is 0.0699. The molecule has 0 bridgehead atoms. The van der Waals surface area contributed by atoms with Crippen molar-refractivity contribution in [1.82, 2.24) is 9.55 Å². The number of fused-ring (bicyclic) bond motifs is 1. The standard InChI is InChI=1S/C15H9N3O3/c16-8-9-3-1-4-10(7-9)18-12-6-2-5-11(14(19)20)13(12)17-15(18)21/h1-7H,(H,17,21)(H,19,20). The van der Waals surface area contributed by atoms with E-state index in [-0.39, 0.29) is 11.1 Å². The molecule has 6 nitrogen and oxygen atoms in total. The van der Waals surface area contributed by atoms with Crippen molar-refractivity contribution < 1.29 is 9.90 Å². The van der Waals surface area contributed by atoms with E-state index in [1.54, 1.807) is 36.4 Å². The van der Waals surface area contributed by atoms with Crippen molar-refractivity contribution in [2.45, 2.75) is 0 Å². The molecule has 6 heteroatoms. The maximum absolute atomic E-state index is 12.1. The number of rotatable bonds is 2. The first kappa shape index (κ1) is 12.7. The first-order valence-electron chi connectivity index (χ1n) is 6.09. The number of aromatic nitrogens is 2. The Morgan fingerprint density at radius 1 is 1.24 bits per heavy atom. The number of nitrogens with one attached hydrogen (secondary N) is 1. The molecule has 0 fully saturated rings. The molecule has 2 N–H and O–H groups in total. The summed E-state index contributed by atoms with van der Waals surface area (Å²) in [6.45, 7) is 0. The first-order chi connectivity index (χ1) is 10.1. The summed E-state index contributed by atoms with van der Waals surface area (Å²) in [4.78, 5) is 25.9. The SMILES string of the molecule is N#Cc1cccc(-n2c(=O)[nH]c3c(C(=O)O)cccc32)c1. The second kappa shape index (κ2) is 4.65. The van der Waals surface area contributed by atoms with Gasteiger partial charge >= 0.3 is 11.7 Å². The monoisotopic (exact) mass is 279 g/mol. The van der Waals surface area contributed by atoms with E-state index in [9.17, 15) is 9.59 Å². The highest BCUT2D eigenvalue weighted by Crippen LogP contribution is 2.19. The fourth-order valence-electron chi connectivity index (χ4n) is 2.28. The zero-order valence-corrected chi connectivity index (χ0v) is 10.7. The number of benzene rings is 2. The molecule has 102 valence electrons. The van der Waals surface area contributed by atoms with Gasteiger partial charge in [0.05, 0.1) is 33.9 Å². The van der Waals surface area contributed by atoms with Gasteiger partial charge in [0.15, 0.2) is 0 Å². The molecule has 0 saturated carbocycles. The maximum atomic E-state index is 12.1. The Hall–Kier alpha value is -3.33. The molecule has 0 radical (unpaired) electrons. The van der Waals surface area contributed by atoms with Crippen LogP contribution in [0.1, 0.15) is 15.9 Å². The molecule has 21 heavy (non-hydrogen) atoms. The molecule has 1 aromatic heterocycles. The van der Waals surface area contributed by atoms with Crippen LogP contribution in [0.2, 0.25) is 0 Å². The summed E-state index contributed by atoms with van der Waals surface area (Å²) in [6, 6.07) is 13.2. The number of carboxylic acids is 1. The molecular weight excluding hydrogens is 270 g/mol. The number of carboxylic acid groups (broad SMARTS) is 1. The first-order valence-corrected chi connectivity index (χ1v) is 6.09. The molecule has 3 aromatic rings. The van der Waals surface area contributed by atoms with E-state index in [2.05, 4.69) is 4.98 Å². The molecule has 2 aromatic carbocycles. The van der Waals surface area contributed by atoms with Crippen molar-refractivity contribution in [3.05, 3.63) is 64.1 Å². The van der Waals surface area contributed by atoms with Crippen LogP contribution in [0.4, 0.5) is 0 Å². The van der Waals surface area contributed by atoms with Gasteiger partial charge in [-0.25, -0.2) is 9.59 Å². The fraction of sp³-hybridized carbons (Fsp3) is 0. The number of H-pyrrole nitrogens is 1. The average Bonchev–Trinajstić information content (AvgIpc) is 2.82. The highest BCUT2D eigenvalue weighted by molar-refractivity contribution is 6.01. The van der Waals surface area contributed by atoms with E-state index in [4.69, 9.17) is 10.4 Å². The summed E-state index contributed by atoms with van der Waals surface area (Å²) in [5.74, 6) is -1.11. The van der Waals surface area contributed by atoms with E-state index in [1.807, 2.05) is 6.07 Å². The van der Waals surface area contributed by atoms with E-state index >= 15 is 0 Å². The van der Waals surface area contributed by atoms with E-state index in [1.165, 1.54) is 10.6 Å². The summed E-state index contributed by atoms with van der Waals surface area (Å²) < 4.78 is 1.35. The fourth-order valence-corrected chi connectivity index (χ4v) is 2.28. The second-order valence-electron chi connectivity index (χ2n) is 4.43. The summed E-state index contributed by atoms with van der Waals surface area (Å²) >= 11 is 0. The summed E-state index contributed by atoms with van der Waals surface area (Å²) in [6.07, 6.45) is 0. The van der Waals surface area contributed by atoms with Crippen LogP contribution in [0.5, 0.6) is 0 Å². The molecule has 0 saturated heterocycles. The quantitative estimate of drug-likeness (QED) is 0.748. The lowest BCUT2D eigenvalue weighted by Crippen LogP contribution is -2.14. The zero-order chi connectivity index (χ0) is 15.0. The molecule has 0 spiro atoms. The van der Waals surface area contributed by atoms with Crippen LogP contribution >= 0.6 is 0 Å². The number of imidazole rings is 1. The number of para-hydroxylation sites is 1. The normalized spacial score (nSPS) is 10.4. The Balaban J connectivity index is 2.36. The van der Waals surface area contributed by atoms with Crippen molar-refractivity contribution in [2.24, 2.45) is 0 Å². The van der Waals surface area contributed by atoms with E-state index in [0.29, 0.717) is 16.8 Å². The minimum Gasteiger partial charge on any atom is -0.478 e. The van der Waals surface area contributed by atoms with Crippen LogP contribution in [0.25, 0.3) is 16.7 Å². The van der Waals surface area contributed by atoms with Crippen LogP contribution < -0.4 is 5.69 Å². The Morgan fingerprint density at radius 2 is 2.00 bits per heavy atom. The number of nitrogens with zero attached hydrogens (tertiary/aromatic N) is 2. The molecule has 0 atom stereocenters. The van der Waals surface area contributed by atoms with Crippen LogP contribution in [0, 0.1) is 11.3 Å². The summed E-state index contributed by atoms with van der Waals surface area (Å²) in [7, 11) is 0. The van der Waals surface area contributed by atoms with Crippen LogP contribution in [-0.2, 0) is 0 Å². The minimum absolute atomic E-state index is 0.0276. The predicted molar refractivity (Wildman–Crippen MR) is 75.6 cm³/mol. The van der Waals surface area contributed by atoms with Gasteiger partial charge in [-0.05, 0) is 30.3 Å². The minimum atomic E-state index is -1.11. The average molecular weight is 279 g/mol. The lowest BCUT2D eigenvalue weighted by Gasteiger charge is -2.04. The van der Waals surface area contributed by atoms with Crippen molar-refractivity contribution >= 4 is 17.0 Å². The number of carbonyl (C=O) groups is 1. The smallest absolute Gasteiger partial charge is 0.337 e. The predicted octanol–water partition coefficient (Wildman–Crippen LogP) is 1.89. The number of aromatic amines is 1. The Kier molecular flexibility index (Phi) is 2.81. The van der Waals surface area contributed by atoms with Crippen molar-refractivity contribution in [2.75, 3.05) is 0 Å². The topological polar surface area (TPSA) is 98.9 Å². The van der Waals surface area contributed by atoms with Gasteiger partial charge in [0.1, 0.15) is 0 Å². The van der Waals surface area contributed by atoms with Gasteiger partial charge in [-0.1, -0.05) is 12.1 Å². The number of nitriles is 1. The molecule has 0 aliphatic rings. The molecule has 0 amide bonds. The van der Waals surface area contributed by atoms with Gasteiger partial charge < -0.3 is 10.1 Å². The molecule has 3 rings (SSSR count). The Labute approximate surface area is 118 Å². The van der Waals surface area contributed by atoms with Gasteiger partial charge in [0.2, 0.25) is 0 Å². The van der Waals surface area contributed by atoms with E-state index < -0.39 is 11.7 Å². The highest BCUT2D eigenvalue weighted by Gasteiger charge is 2.15.